The van der Waals surface area contributed by atoms with Gasteiger partial charge in [-0.05, 0) is 42.0 Å². The van der Waals surface area contributed by atoms with Gasteiger partial charge in [-0.3, -0.25) is 9.69 Å². The molecule has 4 rings (SSSR count). The molecule has 1 N–H and O–H groups in total. The van der Waals surface area contributed by atoms with E-state index in [0.29, 0.717) is 38.8 Å². The maximum Gasteiger partial charge on any atom is 0.324 e. The molecule has 6 heteroatoms. The van der Waals surface area contributed by atoms with E-state index >= 15 is 0 Å². The number of rotatable bonds is 4. The van der Waals surface area contributed by atoms with Gasteiger partial charge in [0.15, 0.2) is 0 Å². The molecule has 0 bridgehead atoms. The molecule has 31 heavy (non-hydrogen) atoms. The fourth-order valence-electron chi connectivity index (χ4n) is 4.32. The van der Waals surface area contributed by atoms with E-state index in [1.54, 1.807) is 0 Å². The predicted molar refractivity (Wildman–Crippen MR) is 121 cm³/mol. The Hall–Kier alpha value is -2.86. The zero-order valence-electron chi connectivity index (χ0n) is 18.0. The molecule has 0 atom stereocenters. The van der Waals surface area contributed by atoms with E-state index in [4.69, 9.17) is 14.6 Å². The van der Waals surface area contributed by atoms with Gasteiger partial charge in [0.1, 0.15) is 0 Å². The summed E-state index contributed by atoms with van der Waals surface area (Å²) < 4.78 is 5.41. The molecule has 2 fully saturated rings. The van der Waals surface area contributed by atoms with Crippen molar-refractivity contribution in [2.45, 2.75) is 44.6 Å². The van der Waals surface area contributed by atoms with Crippen LogP contribution < -0.4 is 4.90 Å². The summed E-state index contributed by atoms with van der Waals surface area (Å²) in [5.41, 5.74) is 3.56. The first kappa shape index (κ1) is 22.8. The van der Waals surface area contributed by atoms with Crippen molar-refractivity contribution in [3.63, 3.8) is 0 Å². The second-order valence-electron chi connectivity index (χ2n) is 7.99. The highest BCUT2D eigenvalue weighted by molar-refractivity contribution is 5.92. The van der Waals surface area contributed by atoms with Crippen LogP contribution in [0.15, 0.2) is 54.6 Å². The highest BCUT2D eigenvalue weighted by atomic mass is 16.5. The van der Waals surface area contributed by atoms with Crippen molar-refractivity contribution in [1.29, 1.82) is 0 Å². The predicted octanol–water partition coefficient (Wildman–Crippen LogP) is 4.89. The number of amides is 2. The van der Waals surface area contributed by atoms with E-state index < -0.39 is 0 Å². The first-order valence-corrected chi connectivity index (χ1v) is 11.1. The third-order valence-electron chi connectivity index (χ3n) is 5.98. The number of anilines is 1. The Morgan fingerprint density at radius 2 is 1.61 bits per heavy atom. The van der Waals surface area contributed by atoms with Crippen molar-refractivity contribution in [3.05, 3.63) is 65.7 Å². The molecular weight excluding hydrogens is 392 g/mol. The van der Waals surface area contributed by atoms with Crippen molar-refractivity contribution >= 4 is 18.2 Å². The summed E-state index contributed by atoms with van der Waals surface area (Å²) in [5, 5.41) is 6.89. The Kier molecular flexibility index (Phi) is 8.91. The molecule has 1 heterocycles. The van der Waals surface area contributed by atoms with E-state index in [-0.39, 0.29) is 12.5 Å². The minimum atomic E-state index is -0.250. The molecule has 0 aromatic heterocycles. The molecule has 1 aliphatic heterocycles. The number of ether oxygens (including phenoxy) is 1. The van der Waals surface area contributed by atoms with Gasteiger partial charge in [0.2, 0.25) is 0 Å². The molecule has 2 amide bonds. The third kappa shape index (κ3) is 6.56. The molecule has 0 spiro atoms. The fraction of sp³-hybridized carbons (Fsp3) is 0.440. The molecule has 166 valence electrons. The zero-order chi connectivity index (χ0) is 21.9. The smallest absolute Gasteiger partial charge is 0.324 e. The van der Waals surface area contributed by atoms with E-state index in [1.165, 1.54) is 43.2 Å². The lowest BCUT2D eigenvalue weighted by Gasteiger charge is -2.33. The quantitative estimate of drug-likeness (QED) is 0.709. The van der Waals surface area contributed by atoms with Gasteiger partial charge < -0.3 is 14.7 Å². The van der Waals surface area contributed by atoms with Crippen molar-refractivity contribution < 1.29 is 19.4 Å². The van der Waals surface area contributed by atoms with Gasteiger partial charge in [-0.1, -0.05) is 61.7 Å². The van der Waals surface area contributed by atoms with E-state index in [1.807, 2.05) is 40.1 Å². The van der Waals surface area contributed by atoms with Crippen LogP contribution in [0.2, 0.25) is 0 Å². The number of benzene rings is 2. The number of morpholine rings is 1. The highest BCUT2D eigenvalue weighted by Crippen LogP contribution is 2.32. The van der Waals surface area contributed by atoms with Gasteiger partial charge in [-0.25, -0.2) is 4.79 Å². The summed E-state index contributed by atoms with van der Waals surface area (Å²) in [5.74, 6) is 0.711. The third-order valence-corrected chi connectivity index (χ3v) is 5.98. The number of nitrogens with zero attached hydrogens (tertiary/aromatic N) is 2. The lowest BCUT2D eigenvalue weighted by Crippen LogP contribution is -2.48. The summed E-state index contributed by atoms with van der Waals surface area (Å²) in [6, 6.07) is 19.0. The number of carbonyl (C=O) groups excluding carboxylic acids is 1. The first-order valence-electron chi connectivity index (χ1n) is 11.1. The lowest BCUT2D eigenvalue weighted by atomic mass is 9.84. The van der Waals surface area contributed by atoms with E-state index in [2.05, 4.69) is 24.3 Å². The fourth-order valence-corrected chi connectivity index (χ4v) is 4.32. The molecular formula is C25H32N2O4. The molecule has 1 aliphatic carbocycles. The summed E-state index contributed by atoms with van der Waals surface area (Å²) >= 11 is 0. The Balaban J connectivity index is 0.000000858. The number of para-hydroxylation sites is 1. The highest BCUT2D eigenvalue weighted by Gasteiger charge is 2.24. The number of hydrogen-bond donors (Lipinski definition) is 1. The van der Waals surface area contributed by atoms with Crippen molar-refractivity contribution in [1.82, 2.24) is 4.90 Å². The second-order valence-corrected chi connectivity index (χ2v) is 7.99. The SMILES string of the molecule is O=C(N1CCOCC1)N(Cc1ccc(C2CCCCC2)cc1)c1ccccc1.O=CO. The molecule has 2 aliphatic rings. The van der Waals surface area contributed by atoms with Gasteiger partial charge >= 0.3 is 6.03 Å². The van der Waals surface area contributed by atoms with Crippen molar-refractivity contribution in [3.8, 4) is 0 Å². The van der Waals surface area contributed by atoms with Crippen molar-refractivity contribution in [2.24, 2.45) is 0 Å². The van der Waals surface area contributed by atoms with Gasteiger partial charge in [-0.2, -0.15) is 0 Å². The summed E-state index contributed by atoms with van der Waals surface area (Å²) in [7, 11) is 0. The van der Waals surface area contributed by atoms with Gasteiger partial charge in [0, 0.05) is 18.8 Å². The Morgan fingerprint density at radius 3 is 2.23 bits per heavy atom. The van der Waals surface area contributed by atoms with Crippen LogP contribution in [0.25, 0.3) is 0 Å². The zero-order valence-corrected chi connectivity index (χ0v) is 18.0. The number of carbonyl (C=O) groups is 2. The number of carboxylic acid groups (broad SMARTS) is 1. The minimum Gasteiger partial charge on any atom is -0.483 e. The monoisotopic (exact) mass is 424 g/mol. The maximum absolute atomic E-state index is 13.2. The number of hydrogen-bond acceptors (Lipinski definition) is 3. The average molecular weight is 425 g/mol. The Labute approximate surface area is 184 Å². The molecule has 2 aromatic rings. The summed E-state index contributed by atoms with van der Waals surface area (Å²) in [4.78, 5) is 25.4. The van der Waals surface area contributed by atoms with E-state index in [9.17, 15) is 4.79 Å². The molecule has 1 saturated heterocycles. The minimum absolute atomic E-state index is 0.0610. The average Bonchev–Trinajstić information content (AvgIpc) is 2.85. The van der Waals surface area contributed by atoms with Crippen LogP contribution in [-0.2, 0) is 16.1 Å². The van der Waals surface area contributed by atoms with Gasteiger partial charge in [-0.15, -0.1) is 0 Å². The van der Waals surface area contributed by atoms with Crippen LogP contribution in [0.1, 0.15) is 49.1 Å². The van der Waals surface area contributed by atoms with E-state index in [0.717, 1.165) is 5.69 Å². The van der Waals surface area contributed by atoms with Gasteiger partial charge in [0.25, 0.3) is 6.47 Å². The van der Waals surface area contributed by atoms with Crippen LogP contribution in [-0.4, -0.2) is 48.8 Å². The molecule has 0 radical (unpaired) electrons. The van der Waals surface area contributed by atoms with Crippen LogP contribution in [0, 0.1) is 0 Å². The van der Waals surface area contributed by atoms with Crippen molar-refractivity contribution in [2.75, 3.05) is 31.2 Å². The van der Waals surface area contributed by atoms with Crippen LogP contribution in [0.4, 0.5) is 10.5 Å². The Morgan fingerprint density at radius 1 is 1.00 bits per heavy atom. The molecule has 6 nitrogen and oxygen atoms in total. The molecule has 2 aromatic carbocycles. The topological polar surface area (TPSA) is 70.1 Å². The normalized spacial score (nSPS) is 16.7. The second kappa shape index (κ2) is 12.1. The lowest BCUT2D eigenvalue weighted by molar-refractivity contribution is -0.122. The largest absolute Gasteiger partial charge is 0.483 e. The maximum atomic E-state index is 13.2. The summed E-state index contributed by atoms with van der Waals surface area (Å²) in [6.45, 7) is 2.88. The molecule has 1 saturated carbocycles. The number of urea groups is 1. The standard InChI is InChI=1S/C24H30N2O2.CH2O2/c27-24(25-15-17-28-18-16-25)26(23-9-5-2-6-10-23)19-20-11-13-22(14-12-20)21-7-3-1-4-8-21;2-1-3/h2,5-6,9-14,21H,1,3-4,7-8,15-19H2;1H,(H,2,3). The summed E-state index contributed by atoms with van der Waals surface area (Å²) in [6.07, 6.45) is 6.70. The van der Waals surface area contributed by atoms with Crippen LogP contribution >= 0.6 is 0 Å². The molecule has 0 unspecified atom stereocenters. The van der Waals surface area contributed by atoms with Crippen LogP contribution in [0.3, 0.4) is 0 Å². The van der Waals surface area contributed by atoms with Gasteiger partial charge in [0.05, 0.1) is 19.8 Å². The van der Waals surface area contributed by atoms with Crippen LogP contribution in [0.5, 0.6) is 0 Å². The Bertz CT molecular complexity index is 798. The first-order chi connectivity index (χ1) is 15.2.